The molecule has 29 heavy (non-hydrogen) atoms. The molecule has 2 aromatic rings. The summed E-state index contributed by atoms with van der Waals surface area (Å²) in [5, 5.41) is 14.6. The van der Waals surface area contributed by atoms with Gasteiger partial charge in [-0.3, -0.25) is 24.5 Å². The van der Waals surface area contributed by atoms with Crippen molar-refractivity contribution in [2.45, 2.75) is 26.3 Å². The molecule has 0 aromatic heterocycles. The third kappa shape index (κ3) is 4.25. The van der Waals surface area contributed by atoms with E-state index in [-0.39, 0.29) is 40.8 Å². The number of benzene rings is 2. The van der Waals surface area contributed by atoms with Crippen LogP contribution in [0.25, 0.3) is 0 Å². The third-order valence-electron chi connectivity index (χ3n) is 4.74. The highest BCUT2D eigenvalue weighted by Crippen LogP contribution is 2.31. The van der Waals surface area contributed by atoms with Crippen LogP contribution in [-0.2, 0) is 9.59 Å². The fourth-order valence-electron chi connectivity index (χ4n) is 3.40. The van der Waals surface area contributed by atoms with Crippen LogP contribution in [0, 0.1) is 5.92 Å². The Hall–Kier alpha value is -3.32. The molecule has 0 saturated carbocycles. The van der Waals surface area contributed by atoms with Gasteiger partial charge in [-0.1, -0.05) is 50.2 Å². The van der Waals surface area contributed by atoms with Gasteiger partial charge in [-0.15, -0.1) is 0 Å². The molecular formula is C22H22N2O5. The average Bonchev–Trinajstić information content (AvgIpc) is 2.68. The number of carbonyl (C=O) groups excluding carboxylic acids is 3. The minimum Gasteiger partial charge on any atom is -0.480 e. The maximum atomic E-state index is 12.9. The molecule has 3 rings (SSSR count). The van der Waals surface area contributed by atoms with Crippen molar-refractivity contribution in [3.63, 3.8) is 0 Å². The van der Waals surface area contributed by atoms with Gasteiger partial charge in [-0.05, 0) is 18.4 Å². The second-order valence-electron chi connectivity index (χ2n) is 7.38. The van der Waals surface area contributed by atoms with Crippen LogP contribution < -0.4 is 10.6 Å². The number of rotatable bonds is 7. The number of hydrogen-bond acceptors (Lipinski definition) is 5. The van der Waals surface area contributed by atoms with Gasteiger partial charge >= 0.3 is 5.97 Å². The van der Waals surface area contributed by atoms with E-state index in [1.807, 2.05) is 13.8 Å². The quantitative estimate of drug-likeness (QED) is 0.568. The zero-order valence-electron chi connectivity index (χ0n) is 16.2. The number of fused-ring (bicyclic) bond motifs is 2. The van der Waals surface area contributed by atoms with Crippen molar-refractivity contribution >= 4 is 29.1 Å². The number of carbonyl (C=O) groups is 4. The van der Waals surface area contributed by atoms with E-state index in [1.54, 1.807) is 42.5 Å². The molecule has 0 unspecified atom stereocenters. The van der Waals surface area contributed by atoms with Gasteiger partial charge in [0.1, 0.15) is 6.04 Å². The van der Waals surface area contributed by atoms with E-state index in [2.05, 4.69) is 10.6 Å². The van der Waals surface area contributed by atoms with E-state index in [4.69, 9.17) is 0 Å². The molecule has 1 atom stereocenters. The Morgan fingerprint density at radius 2 is 1.55 bits per heavy atom. The largest absolute Gasteiger partial charge is 0.480 e. The van der Waals surface area contributed by atoms with Crippen LogP contribution in [0.3, 0.4) is 0 Å². The first-order chi connectivity index (χ1) is 13.8. The smallest absolute Gasteiger partial charge is 0.320 e. The van der Waals surface area contributed by atoms with Crippen molar-refractivity contribution in [1.29, 1.82) is 0 Å². The minimum absolute atomic E-state index is 0.150. The Balaban J connectivity index is 1.80. The van der Waals surface area contributed by atoms with E-state index in [9.17, 15) is 24.3 Å². The summed E-state index contributed by atoms with van der Waals surface area (Å²) in [5.74, 6) is -1.97. The molecule has 7 nitrogen and oxygen atoms in total. The van der Waals surface area contributed by atoms with Crippen molar-refractivity contribution in [3.8, 4) is 0 Å². The number of aliphatic carboxylic acids is 1. The van der Waals surface area contributed by atoms with Crippen LogP contribution in [0.15, 0.2) is 42.5 Å². The summed E-state index contributed by atoms with van der Waals surface area (Å²) in [6.07, 6.45) is 0.382. The molecule has 1 aliphatic rings. The molecule has 150 valence electrons. The van der Waals surface area contributed by atoms with Crippen molar-refractivity contribution in [3.05, 3.63) is 64.7 Å². The lowest BCUT2D eigenvalue weighted by Crippen LogP contribution is -2.42. The highest BCUT2D eigenvalue weighted by Gasteiger charge is 2.31. The molecule has 0 radical (unpaired) electrons. The SMILES string of the molecule is CC(C)C[C@H](NCC(=O)Nc1cccc2c1C(=O)c1ccccc1C2=O)C(=O)O. The Morgan fingerprint density at radius 1 is 0.931 bits per heavy atom. The van der Waals surface area contributed by atoms with Crippen LogP contribution in [0.5, 0.6) is 0 Å². The summed E-state index contributed by atoms with van der Waals surface area (Å²) in [7, 11) is 0. The standard InChI is InChI=1S/C22H22N2O5/c1-12(2)10-17(22(28)29)23-11-18(25)24-16-9-5-8-15-19(16)21(27)14-7-4-3-6-13(14)20(15)26/h3-9,12,17,23H,10-11H2,1-2H3,(H,24,25)(H,28,29)/t17-/m0/s1. The van der Waals surface area contributed by atoms with E-state index >= 15 is 0 Å². The number of ketones is 2. The number of carboxylic acids is 1. The summed E-state index contributed by atoms with van der Waals surface area (Å²) in [5.41, 5.74) is 1.27. The minimum atomic E-state index is -1.03. The van der Waals surface area contributed by atoms with Gasteiger partial charge in [0.25, 0.3) is 0 Å². The van der Waals surface area contributed by atoms with Gasteiger partial charge in [0.2, 0.25) is 5.91 Å². The molecular weight excluding hydrogens is 372 g/mol. The predicted molar refractivity (Wildman–Crippen MR) is 107 cm³/mol. The first kappa shape index (κ1) is 20.4. The lowest BCUT2D eigenvalue weighted by molar-refractivity contribution is -0.139. The zero-order valence-corrected chi connectivity index (χ0v) is 16.2. The highest BCUT2D eigenvalue weighted by atomic mass is 16.4. The number of hydrogen-bond donors (Lipinski definition) is 3. The molecule has 1 amide bonds. The molecule has 1 aliphatic carbocycles. The van der Waals surface area contributed by atoms with Crippen LogP contribution in [0.4, 0.5) is 5.69 Å². The summed E-state index contributed by atoms with van der Waals surface area (Å²) < 4.78 is 0. The lowest BCUT2D eigenvalue weighted by atomic mass is 9.83. The fraction of sp³-hybridized carbons (Fsp3) is 0.273. The van der Waals surface area contributed by atoms with E-state index in [0.717, 1.165) is 0 Å². The first-order valence-corrected chi connectivity index (χ1v) is 9.37. The van der Waals surface area contributed by atoms with Gasteiger partial charge < -0.3 is 10.4 Å². The van der Waals surface area contributed by atoms with Crippen molar-refractivity contribution < 1.29 is 24.3 Å². The monoisotopic (exact) mass is 394 g/mol. The maximum absolute atomic E-state index is 12.9. The summed E-state index contributed by atoms with van der Waals surface area (Å²) in [6.45, 7) is 3.56. The second kappa shape index (κ2) is 8.36. The maximum Gasteiger partial charge on any atom is 0.320 e. The van der Waals surface area contributed by atoms with Gasteiger partial charge in [0.15, 0.2) is 11.6 Å². The van der Waals surface area contributed by atoms with Crippen LogP contribution in [-0.4, -0.2) is 41.1 Å². The van der Waals surface area contributed by atoms with Crippen LogP contribution in [0.1, 0.15) is 52.1 Å². The third-order valence-corrected chi connectivity index (χ3v) is 4.74. The van der Waals surface area contributed by atoms with Gasteiger partial charge in [0, 0.05) is 16.7 Å². The lowest BCUT2D eigenvalue weighted by Gasteiger charge is -2.21. The van der Waals surface area contributed by atoms with E-state index in [1.165, 1.54) is 0 Å². The molecule has 0 bridgehead atoms. The Bertz CT molecular complexity index is 996. The molecule has 0 heterocycles. The number of nitrogens with one attached hydrogen (secondary N) is 2. The fourth-order valence-corrected chi connectivity index (χ4v) is 3.40. The highest BCUT2D eigenvalue weighted by molar-refractivity contribution is 6.30. The van der Waals surface area contributed by atoms with E-state index < -0.39 is 17.9 Å². The van der Waals surface area contributed by atoms with Crippen molar-refractivity contribution in [1.82, 2.24) is 5.32 Å². The average molecular weight is 394 g/mol. The van der Waals surface area contributed by atoms with Gasteiger partial charge in [-0.2, -0.15) is 0 Å². The predicted octanol–water partition coefficient (Wildman–Crippen LogP) is 2.49. The summed E-state index contributed by atoms with van der Waals surface area (Å²) >= 11 is 0. The molecule has 0 spiro atoms. The van der Waals surface area contributed by atoms with Gasteiger partial charge in [-0.25, -0.2) is 0 Å². The van der Waals surface area contributed by atoms with Crippen LogP contribution >= 0.6 is 0 Å². The number of carboxylic acid groups (broad SMARTS) is 1. The number of anilines is 1. The van der Waals surface area contributed by atoms with Gasteiger partial charge in [0.05, 0.1) is 17.8 Å². The molecule has 2 aromatic carbocycles. The molecule has 0 aliphatic heterocycles. The van der Waals surface area contributed by atoms with Crippen molar-refractivity contribution in [2.75, 3.05) is 11.9 Å². The topological polar surface area (TPSA) is 113 Å². The number of amides is 1. The van der Waals surface area contributed by atoms with Crippen molar-refractivity contribution in [2.24, 2.45) is 5.92 Å². The molecule has 0 saturated heterocycles. The summed E-state index contributed by atoms with van der Waals surface area (Å²) in [6, 6.07) is 10.4. The van der Waals surface area contributed by atoms with Crippen LogP contribution in [0.2, 0.25) is 0 Å². The molecule has 3 N–H and O–H groups in total. The summed E-state index contributed by atoms with van der Waals surface area (Å²) in [4.78, 5) is 49.4. The second-order valence-corrected chi connectivity index (χ2v) is 7.38. The Labute approximate surface area is 168 Å². The first-order valence-electron chi connectivity index (χ1n) is 9.37. The molecule has 0 fully saturated rings. The molecule has 7 heteroatoms. The normalized spacial score (nSPS) is 13.6. The Kier molecular flexibility index (Phi) is 5.89. The Morgan fingerprint density at radius 3 is 2.17 bits per heavy atom. The zero-order chi connectivity index (χ0) is 21.1. The van der Waals surface area contributed by atoms with E-state index in [0.29, 0.717) is 17.5 Å².